The van der Waals surface area contributed by atoms with Gasteiger partial charge in [-0.3, -0.25) is 4.79 Å². The van der Waals surface area contributed by atoms with Crippen LogP contribution in [0.3, 0.4) is 0 Å². The summed E-state index contributed by atoms with van der Waals surface area (Å²) in [7, 11) is 0. The molecule has 1 saturated carbocycles. The van der Waals surface area contributed by atoms with Gasteiger partial charge in [0.2, 0.25) is 5.91 Å². The first-order valence-corrected chi connectivity index (χ1v) is 7.76. The van der Waals surface area contributed by atoms with E-state index in [1.165, 1.54) is 17.5 Å². The Bertz CT molecular complexity index is 461. The molecule has 3 heteroatoms. The lowest BCUT2D eigenvalue weighted by molar-refractivity contribution is -0.126. The number of fused-ring (bicyclic) bond motifs is 1. The van der Waals surface area contributed by atoms with Gasteiger partial charge in [0.15, 0.2) is 0 Å². The maximum absolute atomic E-state index is 12.5. The number of nitrogens with one attached hydrogen (secondary N) is 1. The lowest BCUT2D eigenvalue weighted by Gasteiger charge is -2.31. The molecule has 0 aliphatic heterocycles. The fourth-order valence-corrected chi connectivity index (χ4v) is 3.66. The molecule has 2 atom stereocenters. The van der Waals surface area contributed by atoms with Crippen molar-refractivity contribution in [3.05, 3.63) is 35.4 Å². The van der Waals surface area contributed by atoms with Gasteiger partial charge in [0.05, 0.1) is 0 Å². The minimum absolute atomic E-state index is 0.0775. The third-order valence-corrected chi connectivity index (χ3v) is 4.89. The number of rotatable bonds is 3. The number of benzene rings is 1. The van der Waals surface area contributed by atoms with Crippen molar-refractivity contribution < 1.29 is 9.90 Å². The second-order valence-corrected chi connectivity index (χ2v) is 6.22. The molecule has 2 N–H and O–H groups in total. The summed E-state index contributed by atoms with van der Waals surface area (Å²) in [6, 6.07) is 8.51. The molecule has 0 heterocycles. The van der Waals surface area contributed by atoms with Gasteiger partial charge in [-0.1, -0.05) is 37.1 Å². The number of carbonyl (C=O) groups excluding carboxylic acids is 1. The van der Waals surface area contributed by atoms with E-state index < -0.39 is 0 Å². The SMILES string of the molecule is O=C(NC1CCCCC1CO)C1Cc2ccccc2C1. The first-order chi connectivity index (χ1) is 9.78. The lowest BCUT2D eigenvalue weighted by Crippen LogP contribution is -2.45. The summed E-state index contributed by atoms with van der Waals surface area (Å²) in [4.78, 5) is 12.5. The zero-order valence-corrected chi connectivity index (χ0v) is 11.8. The number of amides is 1. The lowest BCUT2D eigenvalue weighted by atomic mass is 9.84. The van der Waals surface area contributed by atoms with Crippen molar-refractivity contribution in [3.63, 3.8) is 0 Å². The zero-order valence-electron chi connectivity index (χ0n) is 11.8. The summed E-state index contributed by atoms with van der Waals surface area (Å²) < 4.78 is 0. The molecule has 0 radical (unpaired) electrons. The highest BCUT2D eigenvalue weighted by molar-refractivity contribution is 5.80. The monoisotopic (exact) mass is 273 g/mol. The molecule has 2 unspecified atom stereocenters. The van der Waals surface area contributed by atoms with Gasteiger partial charge in [0, 0.05) is 24.5 Å². The van der Waals surface area contributed by atoms with Gasteiger partial charge in [-0.25, -0.2) is 0 Å². The summed E-state index contributed by atoms with van der Waals surface area (Å²) in [5.74, 6) is 0.497. The summed E-state index contributed by atoms with van der Waals surface area (Å²) in [6.07, 6.45) is 6.10. The summed E-state index contributed by atoms with van der Waals surface area (Å²) in [6.45, 7) is 0.190. The Morgan fingerprint density at radius 1 is 1.15 bits per heavy atom. The van der Waals surface area contributed by atoms with Crippen molar-refractivity contribution in [1.82, 2.24) is 5.32 Å². The Hall–Kier alpha value is -1.35. The van der Waals surface area contributed by atoms with E-state index in [0.717, 1.165) is 32.1 Å². The summed E-state index contributed by atoms with van der Waals surface area (Å²) in [5.41, 5.74) is 2.63. The highest BCUT2D eigenvalue weighted by atomic mass is 16.3. The van der Waals surface area contributed by atoms with Crippen LogP contribution < -0.4 is 5.32 Å². The van der Waals surface area contributed by atoms with E-state index in [0.29, 0.717) is 0 Å². The molecule has 2 aliphatic carbocycles. The summed E-state index contributed by atoms with van der Waals surface area (Å²) >= 11 is 0. The van der Waals surface area contributed by atoms with Crippen LogP contribution in [-0.4, -0.2) is 23.7 Å². The molecule has 1 fully saturated rings. The molecule has 108 valence electrons. The largest absolute Gasteiger partial charge is 0.396 e. The van der Waals surface area contributed by atoms with Crippen molar-refractivity contribution in [2.75, 3.05) is 6.61 Å². The molecule has 0 aromatic heterocycles. The number of aliphatic hydroxyl groups excluding tert-OH is 1. The van der Waals surface area contributed by atoms with Gasteiger partial charge in [0.25, 0.3) is 0 Å². The van der Waals surface area contributed by atoms with E-state index >= 15 is 0 Å². The Morgan fingerprint density at radius 3 is 2.45 bits per heavy atom. The second kappa shape index (κ2) is 5.96. The highest BCUT2D eigenvalue weighted by Gasteiger charge is 2.31. The van der Waals surface area contributed by atoms with Crippen molar-refractivity contribution in [3.8, 4) is 0 Å². The normalized spacial score (nSPS) is 26.2. The fourth-order valence-electron chi connectivity index (χ4n) is 3.66. The van der Waals surface area contributed by atoms with Crippen molar-refractivity contribution in [2.24, 2.45) is 11.8 Å². The van der Waals surface area contributed by atoms with E-state index in [1.807, 2.05) is 12.1 Å². The quantitative estimate of drug-likeness (QED) is 0.885. The third-order valence-electron chi connectivity index (χ3n) is 4.89. The van der Waals surface area contributed by atoms with E-state index in [9.17, 15) is 9.90 Å². The molecule has 3 rings (SSSR count). The number of aliphatic hydroxyl groups is 1. The maximum atomic E-state index is 12.5. The molecule has 2 aliphatic rings. The predicted octanol–water partition coefficient (Wildman–Crippen LogP) is 2.07. The van der Waals surface area contributed by atoms with Gasteiger partial charge in [-0.15, -0.1) is 0 Å². The average Bonchev–Trinajstić information content (AvgIpc) is 2.92. The molecule has 20 heavy (non-hydrogen) atoms. The van der Waals surface area contributed by atoms with E-state index in [1.54, 1.807) is 0 Å². The van der Waals surface area contributed by atoms with Crippen LogP contribution in [0.1, 0.15) is 36.8 Å². The Kier molecular flexibility index (Phi) is 4.06. The Balaban J connectivity index is 1.60. The zero-order chi connectivity index (χ0) is 13.9. The van der Waals surface area contributed by atoms with E-state index in [4.69, 9.17) is 0 Å². The van der Waals surface area contributed by atoms with Gasteiger partial charge in [-0.05, 0) is 36.8 Å². The van der Waals surface area contributed by atoms with Gasteiger partial charge in [-0.2, -0.15) is 0 Å². The fraction of sp³-hybridized carbons (Fsp3) is 0.588. The first-order valence-electron chi connectivity index (χ1n) is 7.76. The second-order valence-electron chi connectivity index (χ2n) is 6.22. The predicted molar refractivity (Wildman–Crippen MR) is 78.3 cm³/mol. The highest BCUT2D eigenvalue weighted by Crippen LogP contribution is 2.28. The van der Waals surface area contributed by atoms with Crippen LogP contribution in [0.5, 0.6) is 0 Å². The van der Waals surface area contributed by atoms with Crippen LogP contribution in [-0.2, 0) is 17.6 Å². The van der Waals surface area contributed by atoms with E-state index in [2.05, 4.69) is 17.4 Å². The standard InChI is InChI=1S/C17H23NO2/c19-11-14-7-3-4-8-16(14)18-17(20)15-9-12-5-1-2-6-13(12)10-15/h1-2,5-6,14-16,19H,3-4,7-11H2,(H,18,20). The molecule has 1 aromatic carbocycles. The van der Waals surface area contributed by atoms with Crippen molar-refractivity contribution in [2.45, 2.75) is 44.6 Å². The minimum Gasteiger partial charge on any atom is -0.396 e. The Morgan fingerprint density at radius 2 is 1.80 bits per heavy atom. The molecular weight excluding hydrogens is 250 g/mol. The molecular formula is C17H23NO2. The van der Waals surface area contributed by atoms with Crippen LogP contribution in [0.25, 0.3) is 0 Å². The van der Waals surface area contributed by atoms with Crippen LogP contribution >= 0.6 is 0 Å². The Labute approximate surface area is 120 Å². The van der Waals surface area contributed by atoms with E-state index in [-0.39, 0.29) is 30.4 Å². The number of carbonyl (C=O) groups is 1. The van der Waals surface area contributed by atoms with Gasteiger partial charge < -0.3 is 10.4 Å². The maximum Gasteiger partial charge on any atom is 0.224 e. The van der Waals surface area contributed by atoms with Crippen LogP contribution in [0, 0.1) is 11.8 Å². The summed E-state index contributed by atoms with van der Waals surface area (Å²) in [5, 5.41) is 12.6. The average molecular weight is 273 g/mol. The molecule has 1 aromatic rings. The van der Waals surface area contributed by atoms with Crippen molar-refractivity contribution >= 4 is 5.91 Å². The minimum atomic E-state index is 0.0775. The number of hydrogen-bond donors (Lipinski definition) is 2. The smallest absolute Gasteiger partial charge is 0.224 e. The molecule has 0 saturated heterocycles. The molecule has 1 amide bonds. The van der Waals surface area contributed by atoms with Crippen LogP contribution in [0.4, 0.5) is 0 Å². The molecule has 3 nitrogen and oxygen atoms in total. The third kappa shape index (κ3) is 2.73. The van der Waals surface area contributed by atoms with Gasteiger partial charge >= 0.3 is 0 Å². The molecule has 0 spiro atoms. The first kappa shape index (κ1) is 13.6. The molecule has 0 bridgehead atoms. The van der Waals surface area contributed by atoms with Crippen molar-refractivity contribution in [1.29, 1.82) is 0 Å². The van der Waals surface area contributed by atoms with Crippen LogP contribution in [0.15, 0.2) is 24.3 Å². The van der Waals surface area contributed by atoms with Gasteiger partial charge in [0.1, 0.15) is 0 Å². The number of hydrogen-bond acceptors (Lipinski definition) is 2. The van der Waals surface area contributed by atoms with Crippen LogP contribution in [0.2, 0.25) is 0 Å². The topological polar surface area (TPSA) is 49.3 Å².